The van der Waals surface area contributed by atoms with Crippen molar-refractivity contribution in [2.45, 2.75) is 52.2 Å². The minimum absolute atomic E-state index is 0.303. The van der Waals surface area contributed by atoms with E-state index in [0.717, 1.165) is 25.1 Å². The quantitative estimate of drug-likeness (QED) is 0.891. The molecule has 4 heteroatoms. The van der Waals surface area contributed by atoms with Crippen LogP contribution in [0, 0.1) is 5.41 Å². The number of nitrogens with one attached hydrogen (secondary N) is 1. The highest BCUT2D eigenvalue weighted by Crippen LogP contribution is 2.36. The molecule has 100 valence electrons. The van der Waals surface area contributed by atoms with Gasteiger partial charge in [-0.1, -0.05) is 13.8 Å². The first kappa shape index (κ1) is 13.3. The van der Waals surface area contributed by atoms with Gasteiger partial charge in [-0.15, -0.1) is 0 Å². The zero-order chi connectivity index (χ0) is 13.0. The standard InChI is InChI=1S/C14H23N3O/c1-14(2)6-4-12(5-7-14)18-13-10-16-9-11(17-13)8-15-3/h9-10,12,15H,4-8H2,1-3H3. The topological polar surface area (TPSA) is 47.0 Å². The normalized spacial score (nSPS) is 19.7. The summed E-state index contributed by atoms with van der Waals surface area (Å²) in [6, 6.07) is 0. The van der Waals surface area contributed by atoms with E-state index < -0.39 is 0 Å². The maximum Gasteiger partial charge on any atom is 0.232 e. The Kier molecular flexibility index (Phi) is 4.17. The Morgan fingerprint density at radius 3 is 2.72 bits per heavy atom. The van der Waals surface area contributed by atoms with Gasteiger partial charge >= 0.3 is 0 Å². The van der Waals surface area contributed by atoms with Crippen molar-refractivity contribution in [1.29, 1.82) is 0 Å². The van der Waals surface area contributed by atoms with Crippen molar-refractivity contribution in [2.24, 2.45) is 5.41 Å². The maximum atomic E-state index is 5.93. The minimum Gasteiger partial charge on any atom is -0.473 e. The van der Waals surface area contributed by atoms with Crippen molar-refractivity contribution >= 4 is 0 Å². The van der Waals surface area contributed by atoms with Crippen LogP contribution < -0.4 is 10.1 Å². The van der Waals surface area contributed by atoms with Crippen LogP contribution in [-0.4, -0.2) is 23.1 Å². The van der Waals surface area contributed by atoms with E-state index in [1.54, 1.807) is 12.4 Å². The highest BCUT2D eigenvalue weighted by atomic mass is 16.5. The number of hydrogen-bond acceptors (Lipinski definition) is 4. The molecule has 0 bridgehead atoms. The van der Waals surface area contributed by atoms with Gasteiger partial charge in [0.15, 0.2) is 0 Å². The second kappa shape index (κ2) is 5.65. The van der Waals surface area contributed by atoms with Gasteiger partial charge in [0.25, 0.3) is 0 Å². The first-order chi connectivity index (χ1) is 8.59. The number of nitrogens with zero attached hydrogens (tertiary/aromatic N) is 2. The third kappa shape index (κ3) is 3.67. The largest absolute Gasteiger partial charge is 0.473 e. The predicted molar refractivity (Wildman–Crippen MR) is 71.5 cm³/mol. The smallest absolute Gasteiger partial charge is 0.232 e. The molecule has 0 saturated heterocycles. The van der Waals surface area contributed by atoms with Gasteiger partial charge in [-0.2, -0.15) is 0 Å². The van der Waals surface area contributed by atoms with Gasteiger partial charge in [-0.05, 0) is 38.1 Å². The van der Waals surface area contributed by atoms with Crippen LogP contribution in [0.1, 0.15) is 45.2 Å². The Labute approximate surface area is 109 Å². The lowest BCUT2D eigenvalue weighted by Crippen LogP contribution is -2.28. The minimum atomic E-state index is 0.303. The molecule has 1 fully saturated rings. The molecule has 0 spiro atoms. The van der Waals surface area contributed by atoms with Gasteiger partial charge in [0.05, 0.1) is 11.9 Å². The van der Waals surface area contributed by atoms with Gasteiger partial charge < -0.3 is 10.1 Å². The molecule has 0 amide bonds. The van der Waals surface area contributed by atoms with E-state index >= 15 is 0 Å². The number of hydrogen-bond donors (Lipinski definition) is 1. The van der Waals surface area contributed by atoms with Crippen LogP contribution >= 0.6 is 0 Å². The lowest BCUT2D eigenvalue weighted by molar-refractivity contribution is 0.0943. The molecule has 0 radical (unpaired) electrons. The Morgan fingerprint density at radius 1 is 1.33 bits per heavy atom. The van der Waals surface area contributed by atoms with Crippen LogP contribution in [0.25, 0.3) is 0 Å². The van der Waals surface area contributed by atoms with Crippen molar-refractivity contribution in [3.8, 4) is 5.88 Å². The van der Waals surface area contributed by atoms with Crippen LogP contribution in [0.3, 0.4) is 0 Å². The number of ether oxygens (including phenoxy) is 1. The molecule has 0 atom stereocenters. The van der Waals surface area contributed by atoms with E-state index in [9.17, 15) is 0 Å². The number of aromatic nitrogens is 2. The first-order valence-electron chi connectivity index (χ1n) is 6.71. The molecule has 18 heavy (non-hydrogen) atoms. The van der Waals surface area contributed by atoms with Crippen LogP contribution in [0.5, 0.6) is 5.88 Å². The van der Waals surface area contributed by atoms with E-state index in [1.807, 2.05) is 7.05 Å². The molecule has 1 saturated carbocycles. The summed E-state index contributed by atoms with van der Waals surface area (Å²) in [5.41, 5.74) is 1.39. The number of rotatable bonds is 4. The van der Waals surface area contributed by atoms with Crippen molar-refractivity contribution in [3.05, 3.63) is 18.1 Å². The molecule has 2 rings (SSSR count). The maximum absolute atomic E-state index is 5.93. The van der Waals surface area contributed by atoms with Crippen LogP contribution in [0.4, 0.5) is 0 Å². The zero-order valence-electron chi connectivity index (χ0n) is 11.6. The third-order valence-corrected chi connectivity index (χ3v) is 3.59. The monoisotopic (exact) mass is 249 g/mol. The lowest BCUT2D eigenvalue weighted by Gasteiger charge is -2.34. The molecule has 1 heterocycles. The molecule has 0 unspecified atom stereocenters. The average molecular weight is 249 g/mol. The van der Waals surface area contributed by atoms with Crippen LogP contribution in [0.15, 0.2) is 12.4 Å². The fraction of sp³-hybridized carbons (Fsp3) is 0.714. The highest BCUT2D eigenvalue weighted by Gasteiger charge is 2.28. The SMILES string of the molecule is CNCc1cncc(OC2CCC(C)(C)CC2)n1. The van der Waals surface area contributed by atoms with Gasteiger partial charge in [-0.25, -0.2) is 4.98 Å². The van der Waals surface area contributed by atoms with Crippen molar-refractivity contribution in [2.75, 3.05) is 7.05 Å². The zero-order valence-corrected chi connectivity index (χ0v) is 11.6. The van der Waals surface area contributed by atoms with E-state index in [2.05, 4.69) is 29.1 Å². The van der Waals surface area contributed by atoms with Gasteiger partial charge in [0, 0.05) is 12.7 Å². The molecule has 1 aliphatic carbocycles. The van der Waals surface area contributed by atoms with Crippen molar-refractivity contribution < 1.29 is 4.74 Å². The summed E-state index contributed by atoms with van der Waals surface area (Å²) in [6.07, 6.45) is 8.46. The molecule has 1 aromatic heterocycles. The molecular formula is C14H23N3O. The summed E-state index contributed by atoms with van der Waals surface area (Å²) < 4.78 is 5.93. The summed E-state index contributed by atoms with van der Waals surface area (Å²) >= 11 is 0. The average Bonchev–Trinajstić information content (AvgIpc) is 2.33. The van der Waals surface area contributed by atoms with E-state index in [4.69, 9.17) is 4.74 Å². The van der Waals surface area contributed by atoms with Gasteiger partial charge in [-0.3, -0.25) is 4.98 Å². The summed E-state index contributed by atoms with van der Waals surface area (Å²) in [5.74, 6) is 0.660. The van der Waals surface area contributed by atoms with Crippen LogP contribution in [-0.2, 0) is 6.54 Å². The lowest BCUT2D eigenvalue weighted by atomic mass is 9.76. The van der Waals surface area contributed by atoms with E-state index in [0.29, 0.717) is 17.4 Å². The molecular weight excluding hydrogens is 226 g/mol. The second-order valence-electron chi connectivity index (χ2n) is 5.86. The molecule has 1 aliphatic rings. The Bertz CT molecular complexity index is 382. The predicted octanol–water partition coefficient (Wildman–Crippen LogP) is 2.54. The summed E-state index contributed by atoms with van der Waals surface area (Å²) in [4.78, 5) is 8.62. The molecule has 0 aliphatic heterocycles. The molecule has 1 N–H and O–H groups in total. The fourth-order valence-corrected chi connectivity index (χ4v) is 2.37. The van der Waals surface area contributed by atoms with Gasteiger partial charge in [0.2, 0.25) is 5.88 Å². The van der Waals surface area contributed by atoms with E-state index in [1.165, 1.54) is 12.8 Å². The Morgan fingerprint density at radius 2 is 2.06 bits per heavy atom. The second-order valence-corrected chi connectivity index (χ2v) is 5.86. The summed E-state index contributed by atoms with van der Waals surface area (Å²) in [7, 11) is 1.90. The van der Waals surface area contributed by atoms with E-state index in [-0.39, 0.29) is 0 Å². The molecule has 0 aromatic carbocycles. The Balaban J connectivity index is 1.91. The Hall–Kier alpha value is -1.16. The van der Waals surface area contributed by atoms with Gasteiger partial charge in [0.1, 0.15) is 6.10 Å². The van der Waals surface area contributed by atoms with Crippen LogP contribution in [0.2, 0.25) is 0 Å². The van der Waals surface area contributed by atoms with Crippen molar-refractivity contribution in [3.63, 3.8) is 0 Å². The fourth-order valence-electron chi connectivity index (χ4n) is 2.37. The summed E-state index contributed by atoms with van der Waals surface area (Å²) in [5, 5.41) is 3.07. The summed E-state index contributed by atoms with van der Waals surface area (Å²) in [6.45, 7) is 5.38. The molecule has 1 aromatic rings. The molecule has 4 nitrogen and oxygen atoms in total. The van der Waals surface area contributed by atoms with Crippen molar-refractivity contribution in [1.82, 2.24) is 15.3 Å². The third-order valence-electron chi connectivity index (χ3n) is 3.59. The highest BCUT2D eigenvalue weighted by molar-refractivity contribution is 5.08. The first-order valence-corrected chi connectivity index (χ1v) is 6.71.